The van der Waals surface area contributed by atoms with E-state index in [0.717, 1.165) is 33.5 Å². The number of H-pyrrole nitrogens is 1. The van der Waals surface area contributed by atoms with Gasteiger partial charge in [-0.1, -0.05) is 6.07 Å². The molecule has 0 aliphatic carbocycles. The topological polar surface area (TPSA) is 84.1 Å². The van der Waals surface area contributed by atoms with Crippen LogP contribution in [-0.4, -0.2) is 61.1 Å². The highest BCUT2D eigenvalue weighted by Gasteiger charge is 2.58. The van der Waals surface area contributed by atoms with Crippen molar-refractivity contribution in [2.24, 2.45) is 0 Å². The fourth-order valence-corrected chi connectivity index (χ4v) is 5.09. The number of aromatic nitrogens is 1. The predicted molar refractivity (Wildman–Crippen MR) is 123 cm³/mol. The van der Waals surface area contributed by atoms with E-state index in [1.54, 1.807) is 26.2 Å². The van der Waals surface area contributed by atoms with Crippen molar-refractivity contribution >= 4 is 22.8 Å². The van der Waals surface area contributed by atoms with Crippen molar-refractivity contribution in [1.29, 1.82) is 0 Å². The summed E-state index contributed by atoms with van der Waals surface area (Å²) in [5.41, 5.74) is 2.72. The second kappa shape index (κ2) is 7.72. The number of imide groups is 1. The van der Waals surface area contributed by atoms with Gasteiger partial charge >= 0.3 is 6.03 Å². The molecule has 2 aliphatic rings. The molecule has 0 radical (unpaired) electrons. The number of benzene rings is 2. The van der Waals surface area contributed by atoms with E-state index < -0.39 is 5.54 Å². The van der Waals surface area contributed by atoms with Gasteiger partial charge in [-0.15, -0.1) is 0 Å². The van der Waals surface area contributed by atoms with Crippen LogP contribution in [0.4, 0.5) is 4.79 Å². The van der Waals surface area contributed by atoms with Crippen LogP contribution in [0.5, 0.6) is 17.2 Å². The van der Waals surface area contributed by atoms with Gasteiger partial charge in [-0.2, -0.15) is 0 Å². The van der Waals surface area contributed by atoms with E-state index >= 15 is 0 Å². The summed E-state index contributed by atoms with van der Waals surface area (Å²) in [5.74, 6) is 1.83. The predicted octanol–water partition coefficient (Wildman–Crippen LogP) is 3.47. The highest BCUT2D eigenvalue weighted by Crippen LogP contribution is 2.44. The summed E-state index contributed by atoms with van der Waals surface area (Å²) >= 11 is 0. The van der Waals surface area contributed by atoms with Crippen LogP contribution in [0.15, 0.2) is 36.4 Å². The minimum atomic E-state index is -1.05. The monoisotopic (exact) mass is 449 g/mol. The molecule has 5 rings (SSSR count). The first-order chi connectivity index (χ1) is 15.9. The Balaban J connectivity index is 1.45. The van der Waals surface area contributed by atoms with Crippen LogP contribution in [-0.2, 0) is 23.2 Å². The maximum atomic E-state index is 13.7. The minimum absolute atomic E-state index is 0.201. The zero-order valence-electron chi connectivity index (χ0n) is 19.2. The van der Waals surface area contributed by atoms with Gasteiger partial charge in [0.2, 0.25) is 0 Å². The van der Waals surface area contributed by atoms with Gasteiger partial charge in [0, 0.05) is 24.0 Å². The summed E-state index contributed by atoms with van der Waals surface area (Å²) in [5, 5.41) is 1.04. The Morgan fingerprint density at radius 1 is 1.00 bits per heavy atom. The summed E-state index contributed by atoms with van der Waals surface area (Å²) in [6, 6.07) is 11.2. The molecule has 1 aromatic heterocycles. The summed E-state index contributed by atoms with van der Waals surface area (Å²) in [4.78, 5) is 33.4. The van der Waals surface area contributed by atoms with Crippen LogP contribution >= 0.6 is 0 Å². The first-order valence-electron chi connectivity index (χ1n) is 11.0. The molecule has 3 aromatic rings. The Hall–Kier alpha value is -3.68. The summed E-state index contributed by atoms with van der Waals surface area (Å²) < 4.78 is 16.1. The van der Waals surface area contributed by atoms with Gasteiger partial charge < -0.3 is 24.1 Å². The van der Waals surface area contributed by atoms with Gasteiger partial charge in [0.05, 0.1) is 27.0 Å². The molecule has 0 bridgehead atoms. The smallest absolute Gasteiger partial charge is 0.328 e. The maximum absolute atomic E-state index is 13.7. The number of amides is 3. The molecule has 8 nitrogen and oxygen atoms in total. The number of rotatable bonds is 6. The zero-order chi connectivity index (χ0) is 23.3. The van der Waals surface area contributed by atoms with Crippen molar-refractivity contribution in [3.63, 3.8) is 0 Å². The first-order valence-corrected chi connectivity index (χ1v) is 11.0. The molecule has 1 atom stereocenters. The molecule has 1 fully saturated rings. The van der Waals surface area contributed by atoms with Crippen LogP contribution in [0.3, 0.4) is 0 Å². The number of carbonyl (C=O) groups excluding carboxylic acids is 2. The maximum Gasteiger partial charge on any atom is 0.328 e. The largest absolute Gasteiger partial charge is 0.497 e. The van der Waals surface area contributed by atoms with Crippen LogP contribution in [0.2, 0.25) is 0 Å². The molecule has 1 saturated heterocycles. The van der Waals surface area contributed by atoms with Crippen LogP contribution in [0, 0.1) is 0 Å². The molecule has 33 heavy (non-hydrogen) atoms. The van der Waals surface area contributed by atoms with Crippen LogP contribution in [0.1, 0.15) is 23.7 Å². The third-order valence-corrected chi connectivity index (χ3v) is 6.92. The lowest BCUT2D eigenvalue weighted by Crippen LogP contribution is -2.49. The van der Waals surface area contributed by atoms with E-state index in [9.17, 15) is 9.59 Å². The van der Waals surface area contributed by atoms with Crippen molar-refractivity contribution in [1.82, 2.24) is 14.8 Å². The molecule has 3 heterocycles. The van der Waals surface area contributed by atoms with Crippen molar-refractivity contribution in [2.75, 3.05) is 34.4 Å². The minimum Gasteiger partial charge on any atom is -0.497 e. The van der Waals surface area contributed by atoms with Gasteiger partial charge in [-0.05, 0) is 61.2 Å². The van der Waals surface area contributed by atoms with Crippen LogP contribution < -0.4 is 14.2 Å². The average Bonchev–Trinajstić information content (AvgIpc) is 3.30. The Kier molecular flexibility index (Phi) is 4.96. The lowest BCUT2D eigenvalue weighted by atomic mass is 9.87. The van der Waals surface area contributed by atoms with Crippen molar-refractivity contribution in [2.45, 2.75) is 25.3 Å². The van der Waals surface area contributed by atoms with Crippen molar-refractivity contribution < 1.29 is 23.8 Å². The van der Waals surface area contributed by atoms with Gasteiger partial charge in [0.1, 0.15) is 5.75 Å². The third kappa shape index (κ3) is 3.04. The summed E-state index contributed by atoms with van der Waals surface area (Å²) in [7, 11) is 4.81. The van der Waals surface area contributed by atoms with Gasteiger partial charge in [-0.3, -0.25) is 9.69 Å². The van der Waals surface area contributed by atoms with Crippen molar-refractivity contribution in [3.8, 4) is 17.2 Å². The Morgan fingerprint density at radius 2 is 1.79 bits per heavy atom. The number of hydrogen-bond donors (Lipinski definition) is 1. The number of ether oxygens (including phenoxy) is 3. The van der Waals surface area contributed by atoms with Gasteiger partial charge in [0.25, 0.3) is 5.91 Å². The fourth-order valence-electron chi connectivity index (χ4n) is 5.09. The Labute approximate surface area is 192 Å². The number of aromatic amines is 1. The molecular formula is C25H27N3O5. The number of carbonyl (C=O) groups is 2. The fraction of sp³-hybridized carbons (Fsp3) is 0.360. The molecule has 3 amide bonds. The van der Waals surface area contributed by atoms with E-state index in [0.29, 0.717) is 37.4 Å². The summed E-state index contributed by atoms with van der Waals surface area (Å²) in [6.07, 6.45) is 1.21. The average molecular weight is 450 g/mol. The van der Waals surface area contributed by atoms with E-state index in [1.165, 1.54) is 4.90 Å². The highest BCUT2D eigenvalue weighted by atomic mass is 16.5. The van der Waals surface area contributed by atoms with Gasteiger partial charge in [-0.25, -0.2) is 4.79 Å². The standard InChI is InChI=1S/C25H27N3O5/c1-25-22-17(18-14-16(31-2)6-7-19(18)26-22)10-12-28(25)24(30)27(23(25)29)11-9-15-5-8-20(32-3)21(13-15)33-4/h5-8,13-14,26H,9-12H2,1-4H3/t25-/m0/s1. The number of urea groups is 1. The highest BCUT2D eigenvalue weighted by molar-refractivity contribution is 6.08. The molecule has 0 spiro atoms. The van der Waals surface area contributed by atoms with E-state index in [-0.39, 0.29) is 11.9 Å². The molecular weight excluding hydrogens is 422 g/mol. The SMILES string of the molecule is COc1ccc2[nH]c3c(c2c1)CCN1C(=O)N(CCc2ccc(OC)c(OC)c2)C(=O)[C@]31C. The van der Waals surface area contributed by atoms with E-state index in [4.69, 9.17) is 14.2 Å². The number of nitrogens with zero attached hydrogens (tertiary/aromatic N) is 2. The van der Waals surface area contributed by atoms with Crippen molar-refractivity contribution in [3.05, 3.63) is 53.2 Å². The Bertz CT molecular complexity index is 1270. The number of hydrogen-bond acceptors (Lipinski definition) is 5. The Morgan fingerprint density at radius 3 is 2.52 bits per heavy atom. The summed E-state index contributed by atoms with van der Waals surface area (Å²) in [6.45, 7) is 2.63. The number of nitrogens with one attached hydrogen (secondary N) is 1. The number of fused-ring (bicyclic) bond motifs is 5. The normalized spacial score (nSPS) is 19.6. The first kappa shape index (κ1) is 21.2. The molecule has 2 aliphatic heterocycles. The lowest BCUT2D eigenvalue weighted by Gasteiger charge is -2.36. The number of methoxy groups -OCH3 is 3. The van der Waals surface area contributed by atoms with E-state index in [2.05, 4.69) is 4.98 Å². The molecule has 8 heteroatoms. The molecule has 2 aromatic carbocycles. The molecule has 0 saturated carbocycles. The third-order valence-electron chi connectivity index (χ3n) is 6.92. The van der Waals surface area contributed by atoms with Gasteiger partial charge in [0.15, 0.2) is 17.0 Å². The zero-order valence-corrected chi connectivity index (χ0v) is 19.2. The lowest BCUT2D eigenvalue weighted by molar-refractivity contribution is -0.133. The van der Waals surface area contributed by atoms with Crippen LogP contribution in [0.25, 0.3) is 10.9 Å². The quantitative estimate of drug-likeness (QED) is 0.583. The van der Waals surface area contributed by atoms with E-state index in [1.807, 2.05) is 43.3 Å². The molecule has 172 valence electrons. The second-order valence-corrected chi connectivity index (χ2v) is 8.54. The molecule has 1 N–H and O–H groups in total. The molecule has 0 unspecified atom stereocenters. The second-order valence-electron chi connectivity index (χ2n) is 8.54.